The predicted molar refractivity (Wildman–Crippen MR) is 86.8 cm³/mol. The van der Waals surface area contributed by atoms with E-state index in [4.69, 9.17) is 4.42 Å². The van der Waals surface area contributed by atoms with Crippen molar-refractivity contribution in [3.63, 3.8) is 0 Å². The van der Waals surface area contributed by atoms with Crippen molar-refractivity contribution < 1.29 is 8.81 Å². The third-order valence-electron chi connectivity index (χ3n) is 4.96. The third-order valence-corrected chi connectivity index (χ3v) is 4.96. The van der Waals surface area contributed by atoms with Crippen LogP contribution in [0.3, 0.4) is 0 Å². The summed E-state index contributed by atoms with van der Waals surface area (Å²) in [6.45, 7) is 3.49. The van der Waals surface area contributed by atoms with E-state index in [2.05, 4.69) is 9.88 Å². The zero-order valence-corrected chi connectivity index (χ0v) is 13.4. The van der Waals surface area contributed by atoms with Gasteiger partial charge in [0, 0.05) is 25.4 Å². The molecule has 0 radical (unpaired) electrons. The Kier molecular flexibility index (Phi) is 4.17. The maximum Gasteiger partial charge on any atom is 0.198 e. The van der Waals surface area contributed by atoms with Gasteiger partial charge in [0.25, 0.3) is 0 Å². The second-order valence-electron chi connectivity index (χ2n) is 6.98. The molecule has 0 N–H and O–H groups in total. The number of likely N-dealkylation sites (tertiary alicyclic amines) is 1. The Labute approximate surface area is 136 Å². The Morgan fingerprint density at radius 2 is 2.09 bits per heavy atom. The lowest BCUT2D eigenvalue weighted by atomic mass is 9.98. The molecule has 4 heteroatoms. The summed E-state index contributed by atoms with van der Waals surface area (Å²) in [5, 5.41) is 0. The highest BCUT2D eigenvalue weighted by atomic mass is 19.1. The molecule has 1 aromatic carbocycles. The van der Waals surface area contributed by atoms with Crippen LogP contribution in [0.5, 0.6) is 0 Å². The molecule has 1 saturated heterocycles. The van der Waals surface area contributed by atoms with E-state index in [-0.39, 0.29) is 5.82 Å². The molecule has 0 spiro atoms. The van der Waals surface area contributed by atoms with Gasteiger partial charge >= 0.3 is 0 Å². The fourth-order valence-electron chi connectivity index (χ4n) is 3.51. The van der Waals surface area contributed by atoms with Crippen LogP contribution in [0, 0.1) is 11.7 Å². The normalized spacial score (nSPS) is 22.4. The smallest absolute Gasteiger partial charge is 0.198 e. The Bertz CT molecular complexity index is 665. The van der Waals surface area contributed by atoms with Crippen LogP contribution in [0.1, 0.15) is 48.8 Å². The Hall–Kier alpha value is -1.68. The first-order valence-electron chi connectivity index (χ1n) is 8.68. The van der Waals surface area contributed by atoms with Crippen LogP contribution in [-0.2, 0) is 6.42 Å². The van der Waals surface area contributed by atoms with Gasteiger partial charge < -0.3 is 9.32 Å². The molecule has 2 fully saturated rings. The molecule has 1 aromatic heterocycles. The molecule has 1 atom stereocenters. The molecule has 1 saturated carbocycles. The minimum atomic E-state index is -0.182. The van der Waals surface area contributed by atoms with Crippen LogP contribution in [0.25, 0.3) is 0 Å². The molecule has 0 bridgehead atoms. The van der Waals surface area contributed by atoms with Crippen LogP contribution in [0.2, 0.25) is 0 Å². The first kappa shape index (κ1) is 14.9. The number of benzene rings is 1. The summed E-state index contributed by atoms with van der Waals surface area (Å²) in [5.74, 6) is 2.71. The lowest BCUT2D eigenvalue weighted by molar-refractivity contribution is 0.185. The second kappa shape index (κ2) is 6.44. The lowest BCUT2D eigenvalue weighted by Crippen LogP contribution is -2.35. The van der Waals surface area contributed by atoms with Crippen molar-refractivity contribution in [2.24, 2.45) is 5.92 Å². The summed E-state index contributed by atoms with van der Waals surface area (Å²) in [7, 11) is 0. The van der Waals surface area contributed by atoms with E-state index in [1.54, 1.807) is 18.3 Å². The van der Waals surface area contributed by atoms with E-state index in [0.717, 1.165) is 30.5 Å². The second-order valence-corrected chi connectivity index (χ2v) is 6.98. The van der Waals surface area contributed by atoms with E-state index in [1.165, 1.54) is 38.4 Å². The first-order valence-corrected chi connectivity index (χ1v) is 8.68. The Balaban J connectivity index is 1.41. The van der Waals surface area contributed by atoms with E-state index >= 15 is 0 Å². The Morgan fingerprint density at radius 3 is 2.91 bits per heavy atom. The fourth-order valence-corrected chi connectivity index (χ4v) is 3.51. The van der Waals surface area contributed by atoms with Gasteiger partial charge in [0.1, 0.15) is 11.6 Å². The molecule has 0 amide bonds. The van der Waals surface area contributed by atoms with Gasteiger partial charge in [-0.15, -0.1) is 0 Å². The van der Waals surface area contributed by atoms with Gasteiger partial charge in [0.15, 0.2) is 5.89 Å². The average molecular weight is 314 g/mol. The van der Waals surface area contributed by atoms with Crippen molar-refractivity contribution in [1.29, 1.82) is 0 Å². The number of hydrogen-bond acceptors (Lipinski definition) is 3. The van der Waals surface area contributed by atoms with Crippen LogP contribution in [0.4, 0.5) is 4.39 Å². The van der Waals surface area contributed by atoms with E-state index in [0.29, 0.717) is 17.9 Å². The maximum atomic E-state index is 13.7. The van der Waals surface area contributed by atoms with E-state index < -0.39 is 0 Å². The average Bonchev–Trinajstić information content (AvgIpc) is 3.25. The standard InChI is InChI=1S/C19H23FN2O/c20-18-6-2-1-4-15(18)10-17-11-21-19(23-17)16-5-3-9-22(13-16)12-14-7-8-14/h1-2,4,6,11,14,16H,3,5,7-10,12-13H2/t16-/m1/s1. The highest BCUT2D eigenvalue weighted by Gasteiger charge is 2.29. The molecule has 0 unspecified atom stereocenters. The summed E-state index contributed by atoms with van der Waals surface area (Å²) >= 11 is 0. The summed E-state index contributed by atoms with van der Waals surface area (Å²) in [6, 6.07) is 6.85. The molecule has 1 aliphatic carbocycles. The molecule has 2 aliphatic rings. The number of hydrogen-bond donors (Lipinski definition) is 0. The third kappa shape index (κ3) is 3.63. The van der Waals surface area contributed by atoms with Gasteiger partial charge in [0.05, 0.1) is 6.20 Å². The minimum absolute atomic E-state index is 0.182. The zero-order chi connectivity index (χ0) is 15.6. The molecule has 122 valence electrons. The van der Waals surface area contributed by atoms with Crippen molar-refractivity contribution in [2.75, 3.05) is 19.6 Å². The van der Waals surface area contributed by atoms with E-state index in [9.17, 15) is 4.39 Å². The summed E-state index contributed by atoms with van der Waals surface area (Å²) in [4.78, 5) is 7.04. The summed E-state index contributed by atoms with van der Waals surface area (Å²) in [6.07, 6.45) is 7.38. The van der Waals surface area contributed by atoms with Crippen molar-refractivity contribution >= 4 is 0 Å². The van der Waals surface area contributed by atoms with Crippen LogP contribution in [-0.4, -0.2) is 29.5 Å². The van der Waals surface area contributed by atoms with Gasteiger partial charge in [-0.25, -0.2) is 9.37 Å². The molecular weight excluding hydrogens is 291 g/mol. The SMILES string of the molecule is Fc1ccccc1Cc1cnc([C@@H]2CCCN(CC3CC3)C2)o1. The van der Waals surface area contributed by atoms with Crippen molar-refractivity contribution in [3.8, 4) is 0 Å². The van der Waals surface area contributed by atoms with Gasteiger partial charge in [-0.05, 0) is 49.8 Å². The molecular formula is C19H23FN2O. The number of aromatic nitrogens is 1. The van der Waals surface area contributed by atoms with Gasteiger partial charge in [-0.2, -0.15) is 0 Å². The quantitative estimate of drug-likeness (QED) is 0.835. The predicted octanol–water partition coefficient (Wildman–Crippen LogP) is 3.99. The largest absolute Gasteiger partial charge is 0.445 e. The summed E-state index contributed by atoms with van der Waals surface area (Å²) in [5.41, 5.74) is 0.661. The number of piperidine rings is 1. The van der Waals surface area contributed by atoms with Crippen LogP contribution in [0.15, 0.2) is 34.9 Å². The Morgan fingerprint density at radius 1 is 1.22 bits per heavy atom. The minimum Gasteiger partial charge on any atom is -0.445 e. The monoisotopic (exact) mass is 314 g/mol. The summed E-state index contributed by atoms with van der Waals surface area (Å²) < 4.78 is 19.7. The van der Waals surface area contributed by atoms with E-state index in [1.807, 2.05) is 6.07 Å². The van der Waals surface area contributed by atoms with Gasteiger partial charge in [-0.3, -0.25) is 0 Å². The highest BCUT2D eigenvalue weighted by molar-refractivity contribution is 5.21. The molecule has 2 aromatic rings. The number of oxazole rings is 1. The first-order chi connectivity index (χ1) is 11.3. The number of nitrogens with zero attached hydrogens (tertiary/aromatic N) is 2. The van der Waals surface area contributed by atoms with Gasteiger partial charge in [-0.1, -0.05) is 18.2 Å². The maximum absolute atomic E-state index is 13.7. The van der Waals surface area contributed by atoms with Crippen LogP contribution >= 0.6 is 0 Å². The van der Waals surface area contributed by atoms with Crippen molar-refractivity contribution in [2.45, 2.75) is 38.0 Å². The number of halogens is 1. The molecule has 23 heavy (non-hydrogen) atoms. The van der Waals surface area contributed by atoms with Gasteiger partial charge in [0.2, 0.25) is 0 Å². The van der Waals surface area contributed by atoms with Crippen LogP contribution < -0.4 is 0 Å². The molecule has 3 nitrogen and oxygen atoms in total. The molecule has 2 heterocycles. The zero-order valence-electron chi connectivity index (χ0n) is 13.4. The van der Waals surface area contributed by atoms with Crippen molar-refractivity contribution in [3.05, 3.63) is 53.5 Å². The number of rotatable bonds is 5. The molecule has 1 aliphatic heterocycles. The van der Waals surface area contributed by atoms with Crippen molar-refractivity contribution in [1.82, 2.24) is 9.88 Å². The highest BCUT2D eigenvalue weighted by Crippen LogP contribution is 2.33. The molecule has 4 rings (SSSR count). The topological polar surface area (TPSA) is 29.3 Å². The lowest BCUT2D eigenvalue weighted by Gasteiger charge is -2.31. The fraction of sp³-hybridized carbons (Fsp3) is 0.526.